The molecule has 0 saturated carbocycles. The fourth-order valence-electron chi connectivity index (χ4n) is 2.14. The Kier molecular flexibility index (Phi) is 4.03. The molecule has 1 aromatic rings. The van der Waals surface area contributed by atoms with Crippen molar-refractivity contribution in [2.75, 3.05) is 18.0 Å². The number of amides is 1. The summed E-state index contributed by atoms with van der Waals surface area (Å²) in [6, 6.07) is 5.33. The Hall–Kier alpha value is -1.57. The molecule has 1 aliphatic rings. The molecule has 2 atom stereocenters. The number of hydrogen-bond acceptors (Lipinski definition) is 3. The zero-order valence-electron chi connectivity index (χ0n) is 10.4. The number of hydrogen-bond donors (Lipinski definition) is 1. The van der Waals surface area contributed by atoms with Gasteiger partial charge in [-0.05, 0) is 30.7 Å². The molecule has 0 radical (unpaired) electrons. The maximum atomic E-state index is 12.3. The monoisotopic (exact) mass is 306 g/mol. The summed E-state index contributed by atoms with van der Waals surface area (Å²) >= 11 is 0. The minimum Gasteiger partial charge on any atom is -0.371 e. The van der Waals surface area contributed by atoms with Crippen LogP contribution < -0.4 is 10.6 Å². The lowest BCUT2D eigenvalue weighted by Crippen LogP contribution is -2.27. The first-order valence-electron chi connectivity index (χ1n) is 5.92. The van der Waals surface area contributed by atoms with Crippen molar-refractivity contribution in [1.29, 1.82) is 0 Å². The number of halogens is 3. The van der Waals surface area contributed by atoms with Crippen molar-refractivity contribution in [2.45, 2.75) is 16.8 Å². The summed E-state index contributed by atoms with van der Waals surface area (Å²) in [6.07, 6.45) is 0.631. The van der Waals surface area contributed by atoms with Gasteiger partial charge in [0.15, 0.2) is 10.8 Å². The predicted octanol–water partition coefficient (Wildman–Crippen LogP) is 1.63. The highest BCUT2D eigenvalue weighted by Gasteiger charge is 2.38. The highest BCUT2D eigenvalue weighted by molar-refractivity contribution is 7.86. The van der Waals surface area contributed by atoms with Gasteiger partial charge in [-0.25, -0.2) is 4.21 Å². The quantitative estimate of drug-likeness (QED) is 0.923. The summed E-state index contributed by atoms with van der Waals surface area (Å²) in [5.74, 6) is -0.610. The molecule has 110 valence electrons. The Labute approximate surface area is 116 Å². The number of carbonyl (C=O) groups is 1. The van der Waals surface area contributed by atoms with Crippen molar-refractivity contribution in [1.82, 2.24) is 0 Å². The number of rotatable bonds is 3. The van der Waals surface area contributed by atoms with E-state index in [1.54, 1.807) is 0 Å². The summed E-state index contributed by atoms with van der Waals surface area (Å²) in [4.78, 5) is 12.6. The molecule has 1 heterocycles. The van der Waals surface area contributed by atoms with E-state index in [1.165, 1.54) is 24.3 Å². The molecule has 20 heavy (non-hydrogen) atoms. The highest BCUT2D eigenvalue weighted by Crippen LogP contribution is 2.29. The molecule has 1 saturated heterocycles. The van der Waals surface area contributed by atoms with Crippen molar-refractivity contribution in [3.63, 3.8) is 0 Å². The standard InChI is InChI=1S/C12H13F3N2O2S/c13-12(14,15)20(19)10-3-1-9(2-4-10)17-6-5-8(7-17)11(16)18/h1-4,8H,5-7H2,(H2,16,18). The van der Waals surface area contributed by atoms with Crippen LogP contribution in [0.15, 0.2) is 29.2 Å². The smallest absolute Gasteiger partial charge is 0.371 e. The first-order valence-corrected chi connectivity index (χ1v) is 7.07. The van der Waals surface area contributed by atoms with Gasteiger partial charge in [0, 0.05) is 23.7 Å². The van der Waals surface area contributed by atoms with Gasteiger partial charge < -0.3 is 10.6 Å². The number of alkyl halides is 3. The Bertz CT molecular complexity index is 530. The van der Waals surface area contributed by atoms with E-state index in [9.17, 15) is 22.2 Å². The van der Waals surface area contributed by atoms with Crippen LogP contribution in [0.5, 0.6) is 0 Å². The number of anilines is 1. The summed E-state index contributed by atoms with van der Waals surface area (Å²) in [5, 5.41) is 0. The Morgan fingerprint density at radius 1 is 1.30 bits per heavy atom. The third-order valence-electron chi connectivity index (χ3n) is 3.22. The van der Waals surface area contributed by atoms with Crippen LogP contribution in [0.2, 0.25) is 0 Å². The molecular weight excluding hydrogens is 293 g/mol. The molecule has 1 amide bonds. The molecule has 8 heteroatoms. The maximum absolute atomic E-state index is 12.3. The van der Waals surface area contributed by atoms with Crippen LogP contribution in [-0.2, 0) is 15.6 Å². The van der Waals surface area contributed by atoms with Gasteiger partial charge in [-0.15, -0.1) is 0 Å². The van der Waals surface area contributed by atoms with Gasteiger partial charge in [-0.1, -0.05) is 0 Å². The van der Waals surface area contributed by atoms with Crippen molar-refractivity contribution >= 4 is 22.4 Å². The van der Waals surface area contributed by atoms with Gasteiger partial charge in [0.1, 0.15) is 0 Å². The van der Waals surface area contributed by atoms with Gasteiger partial charge in [-0.2, -0.15) is 13.2 Å². The molecular formula is C12H13F3N2O2S. The second-order valence-electron chi connectivity index (χ2n) is 4.54. The number of carbonyl (C=O) groups excluding carboxylic acids is 1. The van der Waals surface area contributed by atoms with Crippen LogP contribution in [0.25, 0.3) is 0 Å². The van der Waals surface area contributed by atoms with Gasteiger partial charge >= 0.3 is 5.51 Å². The van der Waals surface area contributed by atoms with Crippen molar-refractivity contribution in [3.8, 4) is 0 Å². The van der Waals surface area contributed by atoms with Crippen LogP contribution in [0, 0.1) is 5.92 Å². The molecule has 0 bridgehead atoms. The number of nitrogens with two attached hydrogens (primary N) is 1. The molecule has 2 unspecified atom stereocenters. The Balaban J connectivity index is 2.10. The van der Waals surface area contributed by atoms with Crippen molar-refractivity contribution < 1.29 is 22.2 Å². The van der Waals surface area contributed by atoms with E-state index in [0.717, 1.165) is 0 Å². The largest absolute Gasteiger partial charge is 0.475 e. The predicted molar refractivity (Wildman–Crippen MR) is 68.4 cm³/mol. The molecule has 2 N–H and O–H groups in total. The molecule has 2 rings (SSSR count). The summed E-state index contributed by atoms with van der Waals surface area (Å²) < 4.78 is 48.1. The van der Waals surface area contributed by atoms with Crippen LogP contribution >= 0.6 is 0 Å². The van der Waals surface area contributed by atoms with E-state index >= 15 is 0 Å². The van der Waals surface area contributed by atoms with E-state index in [-0.39, 0.29) is 16.7 Å². The lowest BCUT2D eigenvalue weighted by molar-refractivity contribution is -0.121. The van der Waals surface area contributed by atoms with E-state index in [4.69, 9.17) is 5.73 Å². The average Bonchev–Trinajstić information content (AvgIpc) is 2.86. The van der Waals surface area contributed by atoms with Gasteiger partial charge in [0.2, 0.25) is 5.91 Å². The van der Waals surface area contributed by atoms with Crippen LogP contribution in [-0.4, -0.2) is 28.7 Å². The van der Waals surface area contributed by atoms with E-state index in [0.29, 0.717) is 25.2 Å². The molecule has 1 aliphatic heterocycles. The fraction of sp³-hybridized carbons (Fsp3) is 0.417. The van der Waals surface area contributed by atoms with E-state index in [2.05, 4.69) is 0 Å². The van der Waals surface area contributed by atoms with Gasteiger partial charge in [-0.3, -0.25) is 4.79 Å². The van der Waals surface area contributed by atoms with Crippen LogP contribution in [0.1, 0.15) is 6.42 Å². The molecule has 4 nitrogen and oxygen atoms in total. The number of primary amides is 1. The first-order chi connectivity index (χ1) is 9.29. The zero-order chi connectivity index (χ0) is 14.9. The zero-order valence-corrected chi connectivity index (χ0v) is 11.2. The SMILES string of the molecule is NC(=O)C1CCN(c2ccc(S(=O)C(F)(F)F)cc2)C1. The Morgan fingerprint density at radius 3 is 2.35 bits per heavy atom. The third kappa shape index (κ3) is 3.12. The summed E-state index contributed by atoms with van der Waals surface area (Å²) in [7, 11) is -3.02. The summed E-state index contributed by atoms with van der Waals surface area (Å²) in [5.41, 5.74) is 1.15. The number of nitrogens with zero attached hydrogens (tertiary/aromatic N) is 1. The Morgan fingerprint density at radius 2 is 1.90 bits per heavy atom. The molecule has 1 fully saturated rings. The minimum absolute atomic E-state index is 0.237. The lowest BCUT2D eigenvalue weighted by Gasteiger charge is -2.18. The second kappa shape index (κ2) is 5.43. The maximum Gasteiger partial charge on any atom is 0.475 e. The topological polar surface area (TPSA) is 63.4 Å². The molecule has 1 aromatic carbocycles. The van der Waals surface area contributed by atoms with Crippen LogP contribution in [0.3, 0.4) is 0 Å². The summed E-state index contributed by atoms with van der Waals surface area (Å²) in [6.45, 7) is 1.08. The van der Waals surface area contributed by atoms with Gasteiger partial charge in [0.05, 0.1) is 5.92 Å². The normalized spacial score (nSPS) is 20.9. The second-order valence-corrected chi connectivity index (χ2v) is 6.01. The van der Waals surface area contributed by atoms with Gasteiger partial charge in [0.25, 0.3) is 0 Å². The first kappa shape index (κ1) is 14.8. The third-order valence-corrected chi connectivity index (χ3v) is 4.34. The van der Waals surface area contributed by atoms with Crippen molar-refractivity contribution in [2.24, 2.45) is 11.7 Å². The molecule has 0 aromatic heterocycles. The highest BCUT2D eigenvalue weighted by atomic mass is 32.2. The van der Waals surface area contributed by atoms with Crippen molar-refractivity contribution in [3.05, 3.63) is 24.3 Å². The molecule has 0 aliphatic carbocycles. The fourth-order valence-corrected chi connectivity index (χ4v) is 2.79. The average molecular weight is 306 g/mol. The lowest BCUT2D eigenvalue weighted by atomic mass is 10.1. The number of benzene rings is 1. The molecule has 0 spiro atoms. The minimum atomic E-state index is -4.76. The van der Waals surface area contributed by atoms with Crippen LogP contribution in [0.4, 0.5) is 18.9 Å². The van der Waals surface area contributed by atoms with E-state index in [1.807, 2.05) is 4.90 Å². The van der Waals surface area contributed by atoms with E-state index < -0.39 is 16.3 Å².